The van der Waals surface area contributed by atoms with Crippen molar-refractivity contribution in [3.8, 4) is 17.2 Å². The van der Waals surface area contributed by atoms with E-state index in [0.29, 0.717) is 28.2 Å². The number of benzene rings is 3. The number of methoxy groups -OCH3 is 2. The molecule has 0 aliphatic rings. The fourth-order valence-corrected chi connectivity index (χ4v) is 3.20. The van der Waals surface area contributed by atoms with E-state index in [1.54, 1.807) is 66.7 Å². The van der Waals surface area contributed by atoms with Gasteiger partial charge < -0.3 is 19.5 Å². The highest BCUT2D eigenvalue weighted by Gasteiger charge is 2.12. The molecular weight excluding hydrogens is 518 g/mol. The summed E-state index contributed by atoms with van der Waals surface area (Å²) in [5.41, 5.74) is 3.51. The van der Waals surface area contributed by atoms with Gasteiger partial charge in [0.05, 0.1) is 32.5 Å². The molecule has 0 aliphatic carbocycles. The predicted molar refractivity (Wildman–Crippen MR) is 133 cm³/mol. The van der Waals surface area contributed by atoms with Crippen molar-refractivity contribution in [2.24, 2.45) is 5.10 Å². The lowest BCUT2D eigenvalue weighted by atomic mass is 10.2. The molecule has 0 fully saturated rings. The van der Waals surface area contributed by atoms with Crippen LogP contribution in [0.15, 0.2) is 76.3 Å². The summed E-state index contributed by atoms with van der Waals surface area (Å²) in [5.74, 6) is -0.0136. The van der Waals surface area contributed by atoms with Crippen LogP contribution in [0, 0.1) is 0 Å². The Morgan fingerprint density at radius 1 is 0.886 bits per heavy atom. The van der Waals surface area contributed by atoms with Crippen LogP contribution in [0.25, 0.3) is 0 Å². The monoisotopic (exact) mass is 539 g/mol. The van der Waals surface area contributed by atoms with Crippen molar-refractivity contribution < 1.29 is 28.6 Å². The average Bonchev–Trinajstić information content (AvgIpc) is 2.88. The molecule has 0 aromatic heterocycles. The smallest absolute Gasteiger partial charge is 0.343 e. The summed E-state index contributed by atoms with van der Waals surface area (Å²) in [6.07, 6.45) is 1.34. The maximum absolute atomic E-state index is 12.5. The van der Waals surface area contributed by atoms with Gasteiger partial charge in [0.25, 0.3) is 11.8 Å². The van der Waals surface area contributed by atoms with Gasteiger partial charge in [0, 0.05) is 15.6 Å². The summed E-state index contributed by atoms with van der Waals surface area (Å²) in [6.45, 7) is -0.278. The van der Waals surface area contributed by atoms with Crippen LogP contribution in [0.5, 0.6) is 17.2 Å². The van der Waals surface area contributed by atoms with Crippen LogP contribution in [0.4, 0.5) is 0 Å². The number of esters is 1. The molecule has 0 radical (unpaired) electrons. The second-order valence-corrected chi connectivity index (χ2v) is 7.92. The first-order valence-corrected chi connectivity index (χ1v) is 11.1. The van der Waals surface area contributed by atoms with Crippen LogP contribution in [0.3, 0.4) is 0 Å². The van der Waals surface area contributed by atoms with E-state index in [2.05, 4.69) is 31.8 Å². The van der Waals surface area contributed by atoms with Crippen molar-refractivity contribution in [3.05, 3.63) is 87.9 Å². The van der Waals surface area contributed by atoms with Crippen molar-refractivity contribution in [1.82, 2.24) is 10.7 Å². The Hall–Kier alpha value is -4.18. The number of hydrogen-bond acceptors (Lipinski definition) is 7. The predicted octanol–water partition coefficient (Wildman–Crippen LogP) is 3.57. The zero-order valence-corrected chi connectivity index (χ0v) is 20.5. The van der Waals surface area contributed by atoms with E-state index in [1.165, 1.54) is 20.4 Å². The number of carbonyl (C=O) groups is 3. The Balaban J connectivity index is 1.57. The number of nitrogens with zero attached hydrogens (tertiary/aromatic N) is 1. The minimum absolute atomic E-state index is 0.250. The molecular formula is C25H22BrN3O6. The second kappa shape index (κ2) is 12.3. The summed E-state index contributed by atoms with van der Waals surface area (Å²) in [6, 6.07) is 18.0. The molecule has 35 heavy (non-hydrogen) atoms. The first kappa shape index (κ1) is 25.4. The van der Waals surface area contributed by atoms with E-state index >= 15 is 0 Å². The molecule has 2 N–H and O–H groups in total. The standard InChI is InChI=1S/C25H22BrN3O6/c1-33-20-8-3-16(4-9-20)24(31)27-15-23(30)29-28-14-18-13-19(26)7-12-22(18)35-25(32)17-5-10-21(34-2)11-6-17/h3-14H,15H2,1-2H3,(H,27,31)(H,29,30)/b28-14-. The first-order chi connectivity index (χ1) is 16.9. The van der Waals surface area contributed by atoms with Crippen molar-refractivity contribution in [2.45, 2.75) is 0 Å². The molecule has 3 rings (SSSR count). The number of hydrogen-bond donors (Lipinski definition) is 2. The average molecular weight is 540 g/mol. The lowest BCUT2D eigenvalue weighted by Crippen LogP contribution is -2.34. The summed E-state index contributed by atoms with van der Waals surface area (Å²) in [5, 5.41) is 6.40. The molecule has 10 heteroatoms. The Labute approximate surface area is 210 Å². The molecule has 180 valence electrons. The summed E-state index contributed by atoms with van der Waals surface area (Å²) < 4.78 is 16.4. The van der Waals surface area contributed by atoms with Gasteiger partial charge >= 0.3 is 5.97 Å². The minimum Gasteiger partial charge on any atom is -0.497 e. The molecule has 3 aromatic carbocycles. The fourth-order valence-electron chi connectivity index (χ4n) is 2.82. The Kier molecular flexibility index (Phi) is 8.96. The fraction of sp³-hybridized carbons (Fsp3) is 0.120. The molecule has 0 saturated heterocycles. The molecule has 9 nitrogen and oxygen atoms in total. The van der Waals surface area contributed by atoms with Crippen LogP contribution >= 0.6 is 15.9 Å². The molecule has 0 atom stereocenters. The quantitative estimate of drug-likeness (QED) is 0.186. The van der Waals surface area contributed by atoms with E-state index in [1.807, 2.05) is 0 Å². The first-order valence-electron chi connectivity index (χ1n) is 10.3. The third-order valence-electron chi connectivity index (χ3n) is 4.65. The SMILES string of the molecule is COc1ccc(C(=O)NCC(=O)N/N=C\c2cc(Br)ccc2OC(=O)c2ccc(OC)cc2)cc1. The molecule has 0 aliphatic heterocycles. The molecule has 0 unspecified atom stereocenters. The van der Waals surface area contributed by atoms with Gasteiger partial charge in [-0.3, -0.25) is 9.59 Å². The Morgan fingerprint density at radius 3 is 2.09 bits per heavy atom. The van der Waals surface area contributed by atoms with Gasteiger partial charge in [0.2, 0.25) is 0 Å². The normalized spacial score (nSPS) is 10.5. The molecule has 0 bridgehead atoms. The molecule has 3 aromatic rings. The van der Waals surface area contributed by atoms with Crippen LogP contribution in [-0.4, -0.2) is 44.8 Å². The third kappa shape index (κ3) is 7.41. The topological polar surface area (TPSA) is 115 Å². The maximum atomic E-state index is 12.5. The number of amides is 2. The van der Waals surface area contributed by atoms with Gasteiger partial charge in [0.15, 0.2) is 0 Å². The van der Waals surface area contributed by atoms with Gasteiger partial charge in [-0.1, -0.05) is 15.9 Å². The minimum atomic E-state index is -0.560. The zero-order valence-electron chi connectivity index (χ0n) is 18.9. The lowest BCUT2D eigenvalue weighted by Gasteiger charge is -2.09. The van der Waals surface area contributed by atoms with Crippen molar-refractivity contribution in [1.29, 1.82) is 0 Å². The van der Waals surface area contributed by atoms with Crippen molar-refractivity contribution >= 4 is 39.9 Å². The van der Waals surface area contributed by atoms with Crippen LogP contribution in [0.2, 0.25) is 0 Å². The van der Waals surface area contributed by atoms with Crippen LogP contribution in [0.1, 0.15) is 26.3 Å². The highest BCUT2D eigenvalue weighted by Crippen LogP contribution is 2.23. The Morgan fingerprint density at radius 2 is 1.49 bits per heavy atom. The number of halogens is 1. The Bertz CT molecular complexity index is 1230. The highest BCUT2D eigenvalue weighted by molar-refractivity contribution is 9.10. The van der Waals surface area contributed by atoms with E-state index in [4.69, 9.17) is 14.2 Å². The van der Waals surface area contributed by atoms with E-state index < -0.39 is 17.8 Å². The van der Waals surface area contributed by atoms with Gasteiger partial charge in [-0.15, -0.1) is 0 Å². The van der Waals surface area contributed by atoms with E-state index in [0.717, 1.165) is 4.47 Å². The van der Waals surface area contributed by atoms with Gasteiger partial charge in [-0.25, -0.2) is 10.2 Å². The lowest BCUT2D eigenvalue weighted by molar-refractivity contribution is -0.120. The van der Waals surface area contributed by atoms with Gasteiger partial charge in [-0.2, -0.15) is 5.10 Å². The van der Waals surface area contributed by atoms with Gasteiger partial charge in [0.1, 0.15) is 17.2 Å². The van der Waals surface area contributed by atoms with Crippen LogP contribution < -0.4 is 25.0 Å². The second-order valence-electron chi connectivity index (χ2n) is 7.00. The molecule has 0 heterocycles. The third-order valence-corrected chi connectivity index (χ3v) is 5.15. The molecule has 0 spiro atoms. The maximum Gasteiger partial charge on any atom is 0.343 e. The highest BCUT2D eigenvalue weighted by atomic mass is 79.9. The largest absolute Gasteiger partial charge is 0.497 e. The zero-order chi connectivity index (χ0) is 25.2. The van der Waals surface area contributed by atoms with Crippen LogP contribution in [-0.2, 0) is 4.79 Å². The summed E-state index contributed by atoms with van der Waals surface area (Å²) in [4.78, 5) is 36.7. The number of carbonyl (C=O) groups excluding carboxylic acids is 3. The van der Waals surface area contributed by atoms with Gasteiger partial charge in [-0.05, 0) is 66.7 Å². The summed E-state index contributed by atoms with van der Waals surface area (Å²) >= 11 is 3.36. The van der Waals surface area contributed by atoms with Crippen molar-refractivity contribution in [2.75, 3.05) is 20.8 Å². The number of ether oxygens (including phenoxy) is 3. The molecule has 0 saturated carbocycles. The van der Waals surface area contributed by atoms with Crippen molar-refractivity contribution in [3.63, 3.8) is 0 Å². The number of rotatable bonds is 9. The summed E-state index contributed by atoms with van der Waals surface area (Å²) in [7, 11) is 3.07. The van der Waals surface area contributed by atoms with E-state index in [9.17, 15) is 14.4 Å². The number of nitrogens with one attached hydrogen (secondary N) is 2. The van der Waals surface area contributed by atoms with E-state index in [-0.39, 0.29) is 12.3 Å². The molecule has 2 amide bonds. The number of hydrazone groups is 1.